The third-order valence-corrected chi connectivity index (χ3v) is 4.93. The van der Waals surface area contributed by atoms with Crippen molar-refractivity contribution in [3.63, 3.8) is 0 Å². The molecule has 0 spiro atoms. The molecule has 0 radical (unpaired) electrons. The average Bonchev–Trinajstić information content (AvgIpc) is 2.91. The Labute approximate surface area is 171 Å². The number of benzene rings is 2. The molecule has 0 bridgehead atoms. The van der Waals surface area contributed by atoms with Gasteiger partial charge in [0.05, 0.1) is 15.6 Å². The second-order valence-corrected chi connectivity index (χ2v) is 7.05. The maximum atomic E-state index is 14.9. The van der Waals surface area contributed by atoms with Gasteiger partial charge >= 0.3 is 0 Å². The number of anilines is 2. The predicted octanol–water partition coefficient (Wildman–Crippen LogP) is 5.70. The van der Waals surface area contributed by atoms with Gasteiger partial charge in [0.25, 0.3) is 5.69 Å². The van der Waals surface area contributed by atoms with Crippen molar-refractivity contribution in [1.82, 2.24) is 9.78 Å². The van der Waals surface area contributed by atoms with E-state index < -0.39 is 16.6 Å². The first-order chi connectivity index (χ1) is 13.6. The van der Waals surface area contributed by atoms with Crippen molar-refractivity contribution in [3.05, 3.63) is 68.4 Å². The number of aryl methyl sites for hydroxylation is 3. The van der Waals surface area contributed by atoms with Gasteiger partial charge in [-0.05, 0) is 50.6 Å². The fraction of sp³-hybridized carbons (Fsp3) is 0.250. The maximum absolute atomic E-state index is 14.9. The Hall–Kier alpha value is -3.00. The minimum Gasteiger partial charge on any atom is -0.318 e. The third-order valence-electron chi connectivity index (χ3n) is 4.62. The van der Waals surface area contributed by atoms with Crippen LogP contribution >= 0.6 is 11.6 Å². The highest BCUT2D eigenvalue weighted by Crippen LogP contribution is 2.43. The summed E-state index contributed by atoms with van der Waals surface area (Å²) in [6.45, 7) is 5.31. The van der Waals surface area contributed by atoms with Gasteiger partial charge in [0.1, 0.15) is 11.6 Å². The molecule has 1 heterocycles. The van der Waals surface area contributed by atoms with Crippen LogP contribution in [0.25, 0.3) is 11.1 Å². The molecule has 0 saturated heterocycles. The summed E-state index contributed by atoms with van der Waals surface area (Å²) in [7, 11) is 1.66. The number of nitro benzene ring substituents is 1. The fourth-order valence-electron chi connectivity index (χ4n) is 3.50. The summed E-state index contributed by atoms with van der Waals surface area (Å²) in [6.07, 6.45) is 0. The van der Waals surface area contributed by atoms with Crippen molar-refractivity contribution in [1.29, 1.82) is 0 Å². The van der Waals surface area contributed by atoms with Crippen LogP contribution in [0.2, 0.25) is 5.02 Å². The van der Waals surface area contributed by atoms with Gasteiger partial charge in [0, 0.05) is 30.8 Å². The summed E-state index contributed by atoms with van der Waals surface area (Å²) in [5.41, 5.74) is 1.56. The van der Waals surface area contributed by atoms with E-state index in [4.69, 9.17) is 11.6 Å². The molecular weight excluding hydrogens is 402 g/mol. The lowest BCUT2D eigenvalue weighted by molar-refractivity contribution is -0.384. The van der Waals surface area contributed by atoms with Crippen LogP contribution in [0.15, 0.2) is 30.3 Å². The highest BCUT2D eigenvalue weighted by molar-refractivity contribution is 6.33. The second-order valence-electron chi connectivity index (χ2n) is 6.65. The summed E-state index contributed by atoms with van der Waals surface area (Å²) >= 11 is 6.27. The lowest BCUT2D eigenvalue weighted by atomic mass is 10.0. The highest BCUT2D eigenvalue weighted by atomic mass is 35.5. The van der Waals surface area contributed by atoms with E-state index in [1.54, 1.807) is 27.8 Å². The van der Waals surface area contributed by atoms with Gasteiger partial charge in [-0.25, -0.2) is 8.78 Å². The molecule has 0 saturated carbocycles. The molecule has 1 aromatic heterocycles. The van der Waals surface area contributed by atoms with Gasteiger partial charge in [-0.3, -0.25) is 14.8 Å². The van der Waals surface area contributed by atoms with Gasteiger partial charge in [0.2, 0.25) is 0 Å². The van der Waals surface area contributed by atoms with Gasteiger partial charge in [-0.15, -0.1) is 0 Å². The van der Waals surface area contributed by atoms with Crippen molar-refractivity contribution < 1.29 is 13.7 Å². The van der Waals surface area contributed by atoms with Crippen LogP contribution in [0.4, 0.5) is 26.0 Å². The highest BCUT2D eigenvalue weighted by Gasteiger charge is 2.30. The van der Waals surface area contributed by atoms with Crippen LogP contribution in [0.1, 0.15) is 18.2 Å². The molecule has 3 rings (SSSR count). The van der Waals surface area contributed by atoms with Crippen LogP contribution in [0.3, 0.4) is 0 Å². The summed E-state index contributed by atoms with van der Waals surface area (Å²) in [5, 5.41) is 16.2. The fourth-order valence-corrected chi connectivity index (χ4v) is 3.76. The summed E-state index contributed by atoms with van der Waals surface area (Å²) in [6, 6.07) is 6.54. The zero-order valence-electron chi connectivity index (χ0n) is 16.3. The average molecular weight is 421 g/mol. The Morgan fingerprint density at radius 2 is 1.93 bits per heavy atom. The second kappa shape index (κ2) is 7.79. The lowest BCUT2D eigenvalue weighted by Crippen LogP contribution is -2.22. The van der Waals surface area contributed by atoms with E-state index >= 15 is 0 Å². The zero-order chi connectivity index (χ0) is 21.5. The number of halogens is 3. The molecule has 0 unspecified atom stereocenters. The molecule has 6 nitrogen and oxygen atoms in total. The molecule has 0 amide bonds. The zero-order valence-corrected chi connectivity index (χ0v) is 17.1. The monoisotopic (exact) mass is 420 g/mol. The predicted molar refractivity (Wildman–Crippen MR) is 109 cm³/mol. The Morgan fingerprint density at radius 1 is 1.24 bits per heavy atom. The summed E-state index contributed by atoms with van der Waals surface area (Å²) < 4.78 is 30.0. The van der Waals surface area contributed by atoms with E-state index in [1.807, 2.05) is 0 Å². The number of hydrogen-bond donors (Lipinski definition) is 0. The molecule has 0 aliphatic rings. The Bertz CT molecular complexity index is 1110. The molecule has 0 fully saturated rings. The number of aromatic nitrogens is 2. The quantitative estimate of drug-likeness (QED) is 0.392. The molecule has 9 heteroatoms. The topological polar surface area (TPSA) is 64.2 Å². The van der Waals surface area contributed by atoms with Gasteiger partial charge in [-0.1, -0.05) is 11.6 Å². The molecule has 0 atom stereocenters. The molecule has 0 N–H and O–H groups in total. The van der Waals surface area contributed by atoms with Crippen LogP contribution in [0.5, 0.6) is 0 Å². The first-order valence-corrected chi connectivity index (χ1v) is 9.24. The van der Waals surface area contributed by atoms with E-state index in [0.717, 1.165) is 0 Å². The first-order valence-electron chi connectivity index (χ1n) is 8.86. The van der Waals surface area contributed by atoms with Crippen molar-refractivity contribution in [2.75, 3.05) is 11.4 Å². The Balaban J connectivity index is 2.33. The normalized spacial score (nSPS) is 11.0. The standard InChI is InChI=1S/C20H19ClF2N4O2/c1-5-26(19-16(23)8-11(2)9-17(19)27(28)29)20-18(12(3)24-25(20)4)14-7-6-13(22)10-15(14)21/h6-10H,5H2,1-4H3. The van der Waals surface area contributed by atoms with Gasteiger partial charge in [-0.2, -0.15) is 5.10 Å². The Morgan fingerprint density at radius 3 is 2.52 bits per heavy atom. The van der Waals surface area contributed by atoms with Crippen LogP contribution in [-0.2, 0) is 7.05 Å². The smallest absolute Gasteiger partial charge is 0.296 e. The van der Waals surface area contributed by atoms with E-state index in [1.165, 1.54) is 39.9 Å². The van der Waals surface area contributed by atoms with Gasteiger partial charge in [0.15, 0.2) is 11.5 Å². The SMILES string of the molecule is CCN(c1c(F)cc(C)cc1[N+](=O)[O-])c1c(-c2ccc(F)cc2Cl)c(C)nn1C. The Kier molecular flexibility index (Phi) is 5.57. The molecule has 3 aromatic rings. The van der Waals surface area contributed by atoms with E-state index in [-0.39, 0.29) is 22.9 Å². The van der Waals surface area contributed by atoms with Crippen LogP contribution in [0, 0.1) is 35.6 Å². The molecule has 2 aromatic carbocycles. The minimum atomic E-state index is -0.714. The van der Waals surface area contributed by atoms with E-state index in [2.05, 4.69) is 5.10 Å². The number of rotatable bonds is 5. The maximum Gasteiger partial charge on any atom is 0.296 e. The molecule has 29 heavy (non-hydrogen) atoms. The van der Waals surface area contributed by atoms with Crippen LogP contribution in [-0.4, -0.2) is 21.2 Å². The number of nitrogens with zero attached hydrogens (tertiary/aromatic N) is 4. The van der Waals surface area contributed by atoms with Crippen molar-refractivity contribution in [2.45, 2.75) is 20.8 Å². The lowest BCUT2D eigenvalue weighted by Gasteiger charge is -2.25. The van der Waals surface area contributed by atoms with E-state index in [9.17, 15) is 18.9 Å². The van der Waals surface area contributed by atoms with Crippen LogP contribution < -0.4 is 4.90 Å². The molecule has 0 aliphatic carbocycles. The van der Waals surface area contributed by atoms with Crippen molar-refractivity contribution in [2.24, 2.45) is 7.05 Å². The van der Waals surface area contributed by atoms with E-state index in [0.29, 0.717) is 28.2 Å². The molecular formula is C20H19ClF2N4O2. The summed E-state index contributed by atoms with van der Waals surface area (Å²) in [4.78, 5) is 12.5. The molecule has 152 valence electrons. The van der Waals surface area contributed by atoms with Crippen molar-refractivity contribution >= 4 is 28.8 Å². The van der Waals surface area contributed by atoms with Crippen molar-refractivity contribution in [3.8, 4) is 11.1 Å². The molecule has 0 aliphatic heterocycles. The number of hydrogen-bond acceptors (Lipinski definition) is 4. The number of nitro groups is 1. The minimum absolute atomic E-state index is 0.161. The van der Waals surface area contributed by atoms with Gasteiger partial charge < -0.3 is 4.90 Å². The summed E-state index contributed by atoms with van der Waals surface area (Å²) in [5.74, 6) is -0.785. The third kappa shape index (κ3) is 3.67. The largest absolute Gasteiger partial charge is 0.318 e. The first kappa shape index (κ1) is 20.7.